The highest BCUT2D eigenvalue weighted by atomic mass is 32.1. The van der Waals surface area contributed by atoms with Gasteiger partial charge in [-0.1, -0.05) is 6.07 Å². The third-order valence-corrected chi connectivity index (χ3v) is 6.30. The van der Waals surface area contributed by atoms with E-state index >= 15 is 0 Å². The first kappa shape index (κ1) is 15.9. The highest BCUT2D eigenvalue weighted by Gasteiger charge is 2.48. The van der Waals surface area contributed by atoms with E-state index in [1.54, 1.807) is 19.2 Å². The maximum Gasteiger partial charge on any atom is 0.257 e. The molecule has 1 amide bonds. The Labute approximate surface area is 148 Å². The van der Waals surface area contributed by atoms with Gasteiger partial charge < -0.3 is 10.1 Å². The maximum atomic E-state index is 12.4. The fraction of sp³-hybridized carbons (Fsp3) is 0.579. The van der Waals surface area contributed by atoms with Crippen LogP contribution in [0.25, 0.3) is 0 Å². The Kier molecular flexibility index (Phi) is 4.21. The molecule has 0 atom stereocenters. The molecule has 4 saturated carbocycles. The number of benzene rings is 1. The number of nitrogens with one attached hydrogen (secondary N) is 2. The van der Waals surface area contributed by atoms with Crippen LogP contribution in [0.3, 0.4) is 0 Å². The zero-order valence-corrected chi connectivity index (χ0v) is 14.8. The molecule has 4 fully saturated rings. The molecule has 4 aliphatic rings. The lowest BCUT2D eigenvalue weighted by atomic mass is 9.54. The summed E-state index contributed by atoms with van der Waals surface area (Å²) in [5.74, 6) is 3.81. The Morgan fingerprint density at radius 1 is 1.12 bits per heavy atom. The Morgan fingerprint density at radius 2 is 1.79 bits per heavy atom. The second-order valence-electron chi connectivity index (χ2n) is 7.62. The zero-order chi connectivity index (χ0) is 16.7. The van der Waals surface area contributed by atoms with E-state index < -0.39 is 0 Å². The molecule has 128 valence electrons. The van der Waals surface area contributed by atoms with Gasteiger partial charge in [0.1, 0.15) is 5.75 Å². The summed E-state index contributed by atoms with van der Waals surface area (Å²) in [7, 11) is 1.59. The number of hydrogen-bond donors (Lipinski definition) is 2. The van der Waals surface area contributed by atoms with Gasteiger partial charge in [-0.25, -0.2) is 0 Å². The van der Waals surface area contributed by atoms with Crippen molar-refractivity contribution in [3.05, 3.63) is 29.8 Å². The van der Waals surface area contributed by atoms with Crippen molar-refractivity contribution in [2.45, 2.75) is 38.1 Å². The van der Waals surface area contributed by atoms with Crippen LogP contribution >= 0.6 is 12.2 Å². The summed E-state index contributed by atoms with van der Waals surface area (Å²) in [6.45, 7) is 0. The second-order valence-corrected chi connectivity index (χ2v) is 8.02. The van der Waals surface area contributed by atoms with Gasteiger partial charge in [-0.15, -0.1) is 0 Å². The van der Waals surface area contributed by atoms with Gasteiger partial charge in [-0.2, -0.15) is 0 Å². The largest absolute Gasteiger partial charge is 0.497 e. The van der Waals surface area contributed by atoms with Crippen LogP contribution in [0.1, 0.15) is 42.5 Å². The average molecular weight is 344 g/mol. The van der Waals surface area contributed by atoms with Gasteiger partial charge in [0.25, 0.3) is 5.91 Å². The van der Waals surface area contributed by atoms with Crippen LogP contribution in [0.4, 0.5) is 0 Å². The quantitative estimate of drug-likeness (QED) is 0.827. The molecular formula is C19H24N2O2S. The zero-order valence-electron chi connectivity index (χ0n) is 14.0. The van der Waals surface area contributed by atoms with Gasteiger partial charge in [-0.3, -0.25) is 10.1 Å². The molecule has 1 aromatic carbocycles. The van der Waals surface area contributed by atoms with Gasteiger partial charge in [0.2, 0.25) is 0 Å². The second kappa shape index (κ2) is 6.36. The molecule has 1 aromatic rings. The van der Waals surface area contributed by atoms with E-state index in [0.717, 1.165) is 23.7 Å². The predicted molar refractivity (Wildman–Crippen MR) is 97.0 cm³/mol. The standard InChI is InChI=1S/C19H24N2O2S/c1-23-16-4-2-3-13(10-16)18(22)21-19(24)20-17-14-6-11-5-12(8-14)9-15(17)7-11/h2-4,10-12,14-15,17H,5-9H2,1H3,(H2,20,21,22,24). The third-order valence-electron chi connectivity index (χ3n) is 6.08. The molecule has 4 bridgehead atoms. The van der Waals surface area contributed by atoms with E-state index in [-0.39, 0.29) is 5.91 Å². The summed E-state index contributed by atoms with van der Waals surface area (Å²) >= 11 is 5.42. The first-order valence-electron chi connectivity index (χ1n) is 8.88. The highest BCUT2D eigenvalue weighted by Crippen LogP contribution is 2.53. The Balaban J connectivity index is 1.37. The van der Waals surface area contributed by atoms with E-state index in [2.05, 4.69) is 10.6 Å². The van der Waals surface area contributed by atoms with Crippen LogP contribution < -0.4 is 15.4 Å². The first-order valence-corrected chi connectivity index (χ1v) is 9.29. The van der Waals surface area contributed by atoms with Crippen molar-refractivity contribution < 1.29 is 9.53 Å². The van der Waals surface area contributed by atoms with Crippen LogP contribution in [-0.4, -0.2) is 24.2 Å². The van der Waals surface area contributed by atoms with Crippen LogP contribution in [-0.2, 0) is 0 Å². The van der Waals surface area contributed by atoms with E-state index in [1.807, 2.05) is 12.1 Å². The topological polar surface area (TPSA) is 50.4 Å². The average Bonchev–Trinajstić information content (AvgIpc) is 2.57. The lowest BCUT2D eigenvalue weighted by molar-refractivity contribution is -0.00692. The van der Waals surface area contributed by atoms with Crippen molar-refractivity contribution in [1.29, 1.82) is 0 Å². The smallest absolute Gasteiger partial charge is 0.257 e. The van der Waals surface area contributed by atoms with E-state index in [0.29, 0.717) is 22.5 Å². The van der Waals surface area contributed by atoms with Crippen LogP contribution in [0, 0.1) is 23.7 Å². The lowest BCUT2D eigenvalue weighted by Crippen LogP contribution is -2.57. The number of carbonyl (C=O) groups is 1. The minimum Gasteiger partial charge on any atom is -0.497 e. The summed E-state index contributed by atoms with van der Waals surface area (Å²) in [6.07, 6.45) is 6.76. The molecule has 4 aliphatic carbocycles. The molecule has 5 rings (SSSR count). The van der Waals surface area contributed by atoms with Crippen LogP contribution in [0.15, 0.2) is 24.3 Å². The minimum atomic E-state index is -0.185. The van der Waals surface area contributed by atoms with Crippen LogP contribution in [0.5, 0.6) is 5.75 Å². The van der Waals surface area contributed by atoms with Gasteiger partial charge >= 0.3 is 0 Å². The van der Waals surface area contributed by atoms with E-state index in [4.69, 9.17) is 17.0 Å². The molecule has 24 heavy (non-hydrogen) atoms. The van der Waals surface area contributed by atoms with Gasteiger partial charge in [0, 0.05) is 11.6 Å². The highest BCUT2D eigenvalue weighted by molar-refractivity contribution is 7.80. The van der Waals surface area contributed by atoms with Crippen molar-refractivity contribution in [2.24, 2.45) is 23.7 Å². The molecular weight excluding hydrogens is 320 g/mol. The summed E-state index contributed by atoms with van der Waals surface area (Å²) in [6, 6.07) is 7.56. The first-order chi connectivity index (χ1) is 11.6. The molecule has 0 unspecified atom stereocenters. The van der Waals surface area contributed by atoms with Crippen molar-refractivity contribution >= 4 is 23.2 Å². The predicted octanol–water partition coefficient (Wildman–Crippen LogP) is 3.12. The fourth-order valence-corrected chi connectivity index (χ4v) is 5.52. The third kappa shape index (κ3) is 3.02. The fourth-order valence-electron chi connectivity index (χ4n) is 5.29. The summed E-state index contributed by atoms with van der Waals surface area (Å²) in [4.78, 5) is 12.4. The molecule has 0 aromatic heterocycles. The normalized spacial score (nSPS) is 33.1. The Bertz CT molecular complexity index is 633. The molecule has 0 saturated heterocycles. The molecule has 0 aliphatic heterocycles. The summed E-state index contributed by atoms with van der Waals surface area (Å²) < 4.78 is 5.17. The number of thiocarbonyl (C=S) groups is 1. The number of rotatable bonds is 3. The van der Waals surface area contributed by atoms with E-state index in [9.17, 15) is 4.79 Å². The molecule has 0 spiro atoms. The summed E-state index contributed by atoms with van der Waals surface area (Å²) in [5.41, 5.74) is 0.559. The molecule has 0 radical (unpaired) electrons. The number of hydrogen-bond acceptors (Lipinski definition) is 3. The number of methoxy groups -OCH3 is 1. The van der Waals surface area contributed by atoms with E-state index in [1.165, 1.54) is 32.1 Å². The van der Waals surface area contributed by atoms with Gasteiger partial charge in [0.15, 0.2) is 5.11 Å². The van der Waals surface area contributed by atoms with Crippen LogP contribution in [0.2, 0.25) is 0 Å². The summed E-state index contributed by atoms with van der Waals surface area (Å²) in [5, 5.41) is 6.75. The van der Waals surface area contributed by atoms with Crippen molar-refractivity contribution in [3.63, 3.8) is 0 Å². The minimum absolute atomic E-state index is 0.185. The monoisotopic (exact) mass is 344 g/mol. The van der Waals surface area contributed by atoms with Crippen molar-refractivity contribution in [3.8, 4) is 5.75 Å². The maximum absolute atomic E-state index is 12.4. The van der Waals surface area contributed by atoms with Gasteiger partial charge in [-0.05, 0) is 86.2 Å². The SMILES string of the molecule is COc1cccc(C(=O)NC(=S)NC2C3CC4CC(C3)CC2C4)c1. The Morgan fingerprint density at radius 3 is 2.42 bits per heavy atom. The number of ether oxygens (including phenoxy) is 1. The van der Waals surface area contributed by atoms with Crippen molar-refractivity contribution in [1.82, 2.24) is 10.6 Å². The molecule has 2 N–H and O–H groups in total. The number of carbonyl (C=O) groups excluding carboxylic acids is 1. The number of amides is 1. The molecule has 5 heteroatoms. The Hall–Kier alpha value is -1.62. The van der Waals surface area contributed by atoms with Crippen molar-refractivity contribution in [2.75, 3.05) is 7.11 Å². The molecule has 4 nitrogen and oxygen atoms in total. The molecule has 0 heterocycles. The van der Waals surface area contributed by atoms with Gasteiger partial charge in [0.05, 0.1) is 7.11 Å². The lowest BCUT2D eigenvalue weighted by Gasteiger charge is -2.54.